The molecule has 14 heteroatoms. The van der Waals surface area contributed by atoms with Gasteiger partial charge in [-0.3, -0.25) is 23.9 Å². The fourth-order valence-electron chi connectivity index (χ4n) is 3.89. The standard InChI is InChI=1S/C27H30N2O11S/c1-16-24(37-17(2)30)25(38-18(3)31)26(39-19(4)32)27(36-16)40-28-23(33)14-13-20-9-8-12-22(15-20)41(34,35)29-21-10-6-5-7-11-21/h5-16,24-27,29H,1-4H3,(H,28,33)/b14-13+/t16-,24+,25+,26-,27-/m0/s1. The number of para-hydroxylation sites is 1. The Bertz CT molecular complexity index is 1390. The van der Waals surface area contributed by atoms with Gasteiger partial charge >= 0.3 is 17.9 Å². The molecule has 2 aromatic carbocycles. The van der Waals surface area contributed by atoms with Gasteiger partial charge in [0.25, 0.3) is 15.9 Å². The van der Waals surface area contributed by atoms with Crippen molar-refractivity contribution in [1.29, 1.82) is 0 Å². The lowest BCUT2D eigenvalue weighted by Crippen LogP contribution is -2.62. The van der Waals surface area contributed by atoms with Crippen LogP contribution in [0.15, 0.2) is 65.6 Å². The van der Waals surface area contributed by atoms with Crippen molar-refractivity contribution < 1.29 is 51.4 Å². The Balaban J connectivity index is 1.70. The second-order valence-electron chi connectivity index (χ2n) is 8.89. The van der Waals surface area contributed by atoms with Crippen LogP contribution in [0.4, 0.5) is 5.69 Å². The first-order valence-corrected chi connectivity index (χ1v) is 13.8. The van der Waals surface area contributed by atoms with E-state index in [1.807, 2.05) is 0 Å². The highest BCUT2D eigenvalue weighted by molar-refractivity contribution is 7.92. The topological polar surface area (TPSA) is 173 Å². The Morgan fingerprint density at radius 3 is 2.07 bits per heavy atom. The summed E-state index contributed by atoms with van der Waals surface area (Å²) in [6.45, 7) is 4.89. The van der Waals surface area contributed by atoms with E-state index < -0.39 is 64.5 Å². The van der Waals surface area contributed by atoms with Crippen LogP contribution in [0.25, 0.3) is 6.08 Å². The summed E-state index contributed by atoms with van der Waals surface area (Å²) in [6.07, 6.45) is -3.73. The molecule has 0 aromatic heterocycles. The van der Waals surface area contributed by atoms with E-state index in [1.165, 1.54) is 31.2 Å². The van der Waals surface area contributed by atoms with Crippen LogP contribution >= 0.6 is 0 Å². The van der Waals surface area contributed by atoms with Crippen molar-refractivity contribution in [3.05, 3.63) is 66.2 Å². The van der Waals surface area contributed by atoms with E-state index in [9.17, 15) is 27.6 Å². The summed E-state index contributed by atoms with van der Waals surface area (Å²) in [7, 11) is -3.88. The first-order chi connectivity index (χ1) is 19.4. The molecule has 1 saturated heterocycles. The second kappa shape index (κ2) is 13.9. The van der Waals surface area contributed by atoms with Crippen LogP contribution in [0.2, 0.25) is 0 Å². The maximum absolute atomic E-state index is 12.7. The number of hydroxylamine groups is 1. The van der Waals surface area contributed by atoms with Crippen molar-refractivity contribution in [2.45, 2.75) is 63.3 Å². The molecule has 13 nitrogen and oxygen atoms in total. The molecule has 0 bridgehead atoms. The SMILES string of the molecule is CC(=O)O[C@H]1[C@H](OC(C)=O)[C@H](ONC(=O)/C=C/c2cccc(S(=O)(=O)Nc3ccccc3)c2)O[C@@H](C)[C@H]1OC(C)=O. The number of hydrogen-bond donors (Lipinski definition) is 2. The Morgan fingerprint density at radius 2 is 1.44 bits per heavy atom. The molecule has 1 heterocycles. The largest absolute Gasteiger partial charge is 0.456 e. The molecule has 3 rings (SSSR count). The number of ether oxygens (including phenoxy) is 4. The highest BCUT2D eigenvalue weighted by Gasteiger charge is 2.51. The minimum atomic E-state index is -3.88. The number of carbonyl (C=O) groups excluding carboxylic acids is 4. The van der Waals surface area contributed by atoms with Crippen LogP contribution in [0, 0.1) is 0 Å². The van der Waals surface area contributed by atoms with Crippen LogP contribution in [-0.4, -0.2) is 62.9 Å². The number of nitrogens with one attached hydrogen (secondary N) is 2. The first kappa shape index (κ1) is 31.3. The van der Waals surface area contributed by atoms with Crippen LogP contribution < -0.4 is 10.2 Å². The lowest BCUT2D eigenvalue weighted by Gasteiger charge is -2.42. The van der Waals surface area contributed by atoms with Crippen molar-refractivity contribution in [2.75, 3.05) is 4.72 Å². The zero-order chi connectivity index (χ0) is 30.2. The smallest absolute Gasteiger partial charge is 0.303 e. The van der Waals surface area contributed by atoms with E-state index in [-0.39, 0.29) is 4.90 Å². The summed E-state index contributed by atoms with van der Waals surface area (Å²) in [5, 5.41) is 0. The predicted molar refractivity (Wildman–Crippen MR) is 143 cm³/mol. The Morgan fingerprint density at radius 1 is 0.829 bits per heavy atom. The Kier molecular flexibility index (Phi) is 10.6. The minimum Gasteiger partial charge on any atom is -0.456 e. The molecular formula is C27H30N2O11S. The molecule has 0 radical (unpaired) electrons. The van der Waals surface area contributed by atoms with Gasteiger partial charge in [-0.25, -0.2) is 18.7 Å². The molecule has 5 atom stereocenters. The number of anilines is 1. The third-order valence-electron chi connectivity index (χ3n) is 5.53. The number of benzene rings is 2. The molecule has 1 amide bonds. The fraction of sp³-hybridized carbons (Fsp3) is 0.333. The van der Waals surface area contributed by atoms with Gasteiger partial charge in [-0.2, -0.15) is 0 Å². The molecular weight excluding hydrogens is 560 g/mol. The van der Waals surface area contributed by atoms with E-state index in [4.69, 9.17) is 23.8 Å². The number of rotatable bonds is 10. The van der Waals surface area contributed by atoms with Gasteiger partial charge < -0.3 is 18.9 Å². The summed E-state index contributed by atoms with van der Waals surface area (Å²) in [6, 6.07) is 14.3. The van der Waals surface area contributed by atoms with Crippen LogP contribution in [-0.2, 0) is 53.0 Å². The molecule has 0 unspecified atom stereocenters. The average molecular weight is 591 g/mol. The quantitative estimate of drug-likeness (QED) is 0.180. The molecule has 0 saturated carbocycles. The minimum absolute atomic E-state index is 0.0205. The van der Waals surface area contributed by atoms with E-state index in [0.29, 0.717) is 11.3 Å². The summed E-state index contributed by atoms with van der Waals surface area (Å²) in [5.74, 6) is -2.98. The lowest BCUT2D eigenvalue weighted by atomic mass is 9.99. The Hall–Kier alpha value is -4.27. The van der Waals surface area contributed by atoms with E-state index >= 15 is 0 Å². The van der Waals surface area contributed by atoms with Crippen molar-refractivity contribution in [1.82, 2.24) is 5.48 Å². The van der Waals surface area contributed by atoms with Gasteiger partial charge in [0, 0.05) is 32.5 Å². The highest BCUT2D eigenvalue weighted by atomic mass is 32.2. The van der Waals surface area contributed by atoms with Crippen molar-refractivity contribution in [3.8, 4) is 0 Å². The van der Waals surface area contributed by atoms with Crippen molar-refractivity contribution in [2.24, 2.45) is 0 Å². The molecule has 41 heavy (non-hydrogen) atoms. The van der Waals surface area contributed by atoms with Crippen LogP contribution in [0.1, 0.15) is 33.3 Å². The van der Waals surface area contributed by atoms with Crippen molar-refractivity contribution >= 4 is 45.6 Å². The third-order valence-corrected chi connectivity index (χ3v) is 6.91. The normalized spacial score (nSPS) is 22.4. The summed E-state index contributed by atoms with van der Waals surface area (Å²) >= 11 is 0. The van der Waals surface area contributed by atoms with Gasteiger partial charge in [-0.05, 0) is 42.8 Å². The zero-order valence-corrected chi connectivity index (χ0v) is 23.5. The average Bonchev–Trinajstić information content (AvgIpc) is 2.90. The summed E-state index contributed by atoms with van der Waals surface area (Å²) < 4.78 is 49.3. The van der Waals surface area contributed by atoms with Gasteiger partial charge in [-0.1, -0.05) is 30.3 Å². The zero-order valence-electron chi connectivity index (χ0n) is 22.6. The second-order valence-corrected chi connectivity index (χ2v) is 10.6. The molecule has 1 fully saturated rings. The third kappa shape index (κ3) is 9.13. The van der Waals surface area contributed by atoms with Gasteiger partial charge in [-0.15, -0.1) is 0 Å². The predicted octanol–water partition coefficient (Wildman–Crippen LogP) is 2.09. The van der Waals surface area contributed by atoms with Gasteiger partial charge in [0.1, 0.15) is 0 Å². The Labute approximate surface area is 236 Å². The first-order valence-electron chi connectivity index (χ1n) is 12.3. The number of esters is 3. The van der Waals surface area contributed by atoms with E-state index in [1.54, 1.807) is 36.4 Å². The summed E-state index contributed by atoms with van der Waals surface area (Å²) in [5.41, 5.74) is 2.93. The molecule has 0 spiro atoms. The number of sulfonamides is 1. The van der Waals surface area contributed by atoms with E-state index in [0.717, 1.165) is 26.8 Å². The monoisotopic (exact) mass is 590 g/mol. The lowest BCUT2D eigenvalue weighted by molar-refractivity contribution is -0.311. The maximum atomic E-state index is 12.7. The molecule has 220 valence electrons. The number of hydrogen-bond acceptors (Lipinski definition) is 11. The van der Waals surface area contributed by atoms with E-state index in [2.05, 4.69) is 10.2 Å². The summed E-state index contributed by atoms with van der Waals surface area (Å²) in [4.78, 5) is 52.9. The van der Waals surface area contributed by atoms with Gasteiger partial charge in [0.2, 0.25) is 6.29 Å². The maximum Gasteiger partial charge on any atom is 0.303 e. The molecule has 2 N–H and O–H groups in total. The number of amides is 1. The highest BCUT2D eigenvalue weighted by Crippen LogP contribution is 2.29. The molecule has 1 aliphatic heterocycles. The van der Waals surface area contributed by atoms with Crippen molar-refractivity contribution in [3.63, 3.8) is 0 Å². The molecule has 1 aliphatic rings. The van der Waals surface area contributed by atoms with Gasteiger partial charge in [0.05, 0.1) is 11.0 Å². The van der Waals surface area contributed by atoms with Gasteiger partial charge in [0.15, 0.2) is 18.3 Å². The molecule has 0 aliphatic carbocycles. The van der Waals surface area contributed by atoms with Crippen LogP contribution in [0.3, 0.4) is 0 Å². The number of carbonyl (C=O) groups is 4. The fourth-order valence-corrected chi connectivity index (χ4v) is 5.01. The van der Waals surface area contributed by atoms with Crippen LogP contribution in [0.5, 0.6) is 0 Å². The molecule has 2 aromatic rings.